The Labute approximate surface area is 161 Å². The summed E-state index contributed by atoms with van der Waals surface area (Å²) < 4.78 is 0.711. The molecule has 0 saturated carbocycles. The molecule has 0 aliphatic rings. The maximum absolute atomic E-state index is 11.7. The lowest BCUT2D eigenvalue weighted by Gasteiger charge is -2.16. The highest BCUT2D eigenvalue weighted by Gasteiger charge is 2.20. The molecule has 0 aromatic heterocycles. The fraction of sp³-hybridized carbons (Fsp3) is 0.0870. The van der Waals surface area contributed by atoms with Crippen LogP contribution in [0.25, 0.3) is 11.1 Å². The largest absolute Gasteiger partial charge is 0.478 e. The Morgan fingerprint density at radius 1 is 1.04 bits per heavy atom. The van der Waals surface area contributed by atoms with Crippen molar-refractivity contribution in [2.24, 2.45) is 0 Å². The zero-order valence-electron chi connectivity index (χ0n) is 14.2. The minimum atomic E-state index is -0.989. The van der Waals surface area contributed by atoms with E-state index in [9.17, 15) is 9.90 Å². The number of halogens is 1. The predicted octanol–water partition coefficient (Wildman–Crippen LogP) is 5.89. The smallest absolute Gasteiger partial charge is 0.336 e. The van der Waals surface area contributed by atoms with Gasteiger partial charge in [0.05, 0.1) is 11.5 Å². The lowest BCUT2D eigenvalue weighted by atomic mass is 9.87. The van der Waals surface area contributed by atoms with E-state index in [1.165, 1.54) is 5.56 Å². The van der Waals surface area contributed by atoms with Gasteiger partial charge in [-0.1, -0.05) is 75.9 Å². The van der Waals surface area contributed by atoms with Crippen LogP contribution in [0.5, 0.6) is 0 Å². The normalized spacial score (nSPS) is 11.6. The van der Waals surface area contributed by atoms with Crippen LogP contribution >= 0.6 is 15.9 Å². The van der Waals surface area contributed by atoms with Crippen LogP contribution in [0.4, 0.5) is 0 Å². The number of carboxylic acid groups (broad SMARTS) is 1. The summed E-state index contributed by atoms with van der Waals surface area (Å²) in [6.45, 7) is 2.05. The summed E-state index contributed by atoms with van der Waals surface area (Å²) in [4.78, 5) is 11.7. The summed E-state index contributed by atoms with van der Waals surface area (Å²) in [5, 5.41) is 9.56. The molecule has 0 bridgehead atoms. The molecule has 0 aliphatic heterocycles. The molecule has 26 heavy (non-hydrogen) atoms. The average Bonchev–Trinajstić information content (AvgIpc) is 2.63. The lowest BCUT2D eigenvalue weighted by Crippen LogP contribution is -2.07. The zero-order chi connectivity index (χ0) is 18.7. The van der Waals surface area contributed by atoms with E-state index in [0.29, 0.717) is 10.0 Å². The summed E-state index contributed by atoms with van der Waals surface area (Å²) in [7, 11) is 0. The second-order valence-electron chi connectivity index (χ2n) is 6.13. The minimum Gasteiger partial charge on any atom is -0.478 e. The van der Waals surface area contributed by atoms with Crippen LogP contribution < -0.4 is 0 Å². The van der Waals surface area contributed by atoms with Crippen molar-refractivity contribution >= 4 is 21.9 Å². The number of terminal acetylenes is 1. The number of carboxylic acids is 1. The van der Waals surface area contributed by atoms with E-state index < -0.39 is 11.9 Å². The Morgan fingerprint density at radius 2 is 1.73 bits per heavy atom. The first-order valence-corrected chi connectivity index (χ1v) is 8.95. The third kappa shape index (κ3) is 3.71. The first kappa shape index (κ1) is 18.0. The van der Waals surface area contributed by atoms with Crippen LogP contribution in [0.2, 0.25) is 0 Å². The molecule has 3 heteroatoms. The van der Waals surface area contributed by atoms with Crippen molar-refractivity contribution in [1.82, 2.24) is 0 Å². The zero-order valence-corrected chi connectivity index (χ0v) is 15.8. The Bertz CT molecular complexity index is 1010. The minimum absolute atomic E-state index is 0.211. The fourth-order valence-electron chi connectivity index (χ4n) is 3.05. The van der Waals surface area contributed by atoms with E-state index in [1.54, 1.807) is 12.1 Å². The molecular weight excluding hydrogens is 388 g/mol. The van der Waals surface area contributed by atoms with Crippen molar-refractivity contribution < 1.29 is 9.90 Å². The first-order chi connectivity index (χ1) is 12.5. The second kappa shape index (κ2) is 7.59. The maximum atomic E-state index is 11.7. The fourth-order valence-corrected chi connectivity index (χ4v) is 3.41. The van der Waals surface area contributed by atoms with Crippen LogP contribution in [0, 0.1) is 19.3 Å². The number of carbonyl (C=O) groups is 1. The molecule has 0 spiro atoms. The Hall–Kier alpha value is -2.83. The van der Waals surface area contributed by atoms with E-state index in [0.717, 1.165) is 16.7 Å². The molecule has 0 fully saturated rings. The average molecular weight is 405 g/mol. The van der Waals surface area contributed by atoms with Crippen molar-refractivity contribution in [3.05, 3.63) is 93.5 Å². The van der Waals surface area contributed by atoms with Crippen molar-refractivity contribution in [3.8, 4) is 23.5 Å². The molecule has 0 saturated heterocycles. The molecule has 3 aromatic carbocycles. The van der Waals surface area contributed by atoms with Gasteiger partial charge in [-0.2, -0.15) is 0 Å². The molecule has 3 rings (SSSR count). The van der Waals surface area contributed by atoms with E-state index in [2.05, 4.69) is 47.0 Å². The Kier molecular flexibility index (Phi) is 5.25. The third-order valence-corrected chi connectivity index (χ3v) is 4.79. The predicted molar refractivity (Wildman–Crippen MR) is 108 cm³/mol. The van der Waals surface area contributed by atoms with Crippen molar-refractivity contribution in [3.63, 3.8) is 0 Å². The maximum Gasteiger partial charge on any atom is 0.336 e. The summed E-state index contributed by atoms with van der Waals surface area (Å²) in [6, 6.07) is 21.4. The molecular formula is C23H17BrO2. The molecule has 0 heterocycles. The van der Waals surface area contributed by atoms with E-state index in [-0.39, 0.29) is 5.56 Å². The monoisotopic (exact) mass is 404 g/mol. The standard InChI is InChI=1S/C23H17BrO2/c1-3-20(21-11-10-19(24)14-22(21)23(25)26)18-9-5-8-17(13-18)16-7-4-6-15(2)12-16/h1,4-14,20H,2H3,(H,25,26). The summed E-state index contributed by atoms with van der Waals surface area (Å²) in [5.41, 5.74) is 5.07. The molecule has 128 valence electrons. The second-order valence-corrected chi connectivity index (χ2v) is 7.05. The van der Waals surface area contributed by atoms with Crippen LogP contribution in [-0.2, 0) is 0 Å². The van der Waals surface area contributed by atoms with Gasteiger partial charge in [-0.05, 0) is 47.4 Å². The van der Waals surface area contributed by atoms with Crippen LogP contribution in [0.3, 0.4) is 0 Å². The van der Waals surface area contributed by atoms with Gasteiger partial charge in [0.2, 0.25) is 0 Å². The molecule has 3 aromatic rings. The topological polar surface area (TPSA) is 37.3 Å². The highest BCUT2D eigenvalue weighted by atomic mass is 79.9. The molecule has 2 nitrogen and oxygen atoms in total. The SMILES string of the molecule is C#CC(c1cccc(-c2cccc(C)c2)c1)c1ccc(Br)cc1C(=O)O. The number of hydrogen-bond donors (Lipinski definition) is 1. The van der Waals surface area contributed by atoms with E-state index >= 15 is 0 Å². The quantitative estimate of drug-likeness (QED) is 0.550. The molecule has 1 unspecified atom stereocenters. The van der Waals surface area contributed by atoms with Gasteiger partial charge in [0, 0.05) is 4.47 Å². The van der Waals surface area contributed by atoms with Crippen molar-refractivity contribution in [2.75, 3.05) is 0 Å². The number of benzene rings is 3. The molecule has 0 aliphatic carbocycles. The van der Waals surface area contributed by atoms with Gasteiger partial charge in [-0.25, -0.2) is 4.79 Å². The van der Waals surface area contributed by atoms with Gasteiger partial charge in [-0.15, -0.1) is 6.42 Å². The molecule has 1 atom stereocenters. The third-order valence-electron chi connectivity index (χ3n) is 4.29. The molecule has 0 amide bonds. The Morgan fingerprint density at radius 3 is 2.38 bits per heavy atom. The van der Waals surface area contributed by atoms with Gasteiger partial charge in [0.25, 0.3) is 0 Å². The van der Waals surface area contributed by atoms with Gasteiger partial charge in [0.15, 0.2) is 0 Å². The van der Waals surface area contributed by atoms with Crippen molar-refractivity contribution in [1.29, 1.82) is 0 Å². The van der Waals surface area contributed by atoms with Gasteiger partial charge >= 0.3 is 5.97 Å². The van der Waals surface area contributed by atoms with Gasteiger partial charge < -0.3 is 5.11 Å². The highest BCUT2D eigenvalue weighted by Crippen LogP contribution is 2.31. The highest BCUT2D eigenvalue weighted by molar-refractivity contribution is 9.10. The van der Waals surface area contributed by atoms with Gasteiger partial charge in [0.1, 0.15) is 0 Å². The van der Waals surface area contributed by atoms with Gasteiger partial charge in [-0.3, -0.25) is 0 Å². The number of aryl methyl sites for hydroxylation is 1. The summed E-state index contributed by atoms with van der Waals surface area (Å²) in [6.07, 6.45) is 5.80. The molecule has 0 radical (unpaired) electrons. The van der Waals surface area contributed by atoms with Crippen molar-refractivity contribution in [2.45, 2.75) is 12.8 Å². The molecule has 1 N–H and O–H groups in total. The number of aromatic carboxylic acids is 1. The summed E-state index contributed by atoms with van der Waals surface area (Å²) >= 11 is 3.33. The van der Waals surface area contributed by atoms with E-state index in [4.69, 9.17) is 6.42 Å². The van der Waals surface area contributed by atoms with E-state index in [1.807, 2.05) is 36.4 Å². The summed E-state index contributed by atoms with van der Waals surface area (Å²) in [5.74, 6) is 1.34. The Balaban J connectivity index is 2.10. The van der Waals surface area contributed by atoms with Crippen LogP contribution in [0.1, 0.15) is 33.0 Å². The number of hydrogen-bond acceptors (Lipinski definition) is 1. The van der Waals surface area contributed by atoms with Crippen LogP contribution in [0.15, 0.2) is 71.2 Å². The lowest BCUT2D eigenvalue weighted by molar-refractivity contribution is 0.0695. The number of rotatable bonds is 4. The first-order valence-electron chi connectivity index (χ1n) is 8.15. The van der Waals surface area contributed by atoms with Crippen LogP contribution in [-0.4, -0.2) is 11.1 Å².